The molecular formula is C29H36O15. The molecule has 3 aliphatic heterocycles. The molecule has 44 heavy (non-hydrogen) atoms. The van der Waals surface area contributed by atoms with Crippen LogP contribution >= 0.6 is 0 Å². The van der Waals surface area contributed by atoms with E-state index >= 15 is 0 Å². The van der Waals surface area contributed by atoms with E-state index in [1.54, 1.807) is 18.2 Å². The van der Waals surface area contributed by atoms with Crippen LogP contribution in [0.1, 0.15) is 35.4 Å². The number of fused-ring (bicyclic) bond motifs is 1. The molecule has 0 saturated carbocycles. The van der Waals surface area contributed by atoms with Crippen LogP contribution in [0.4, 0.5) is 0 Å². The molecule has 0 bridgehead atoms. The summed E-state index contributed by atoms with van der Waals surface area (Å²) in [5, 5.41) is 72.3. The van der Waals surface area contributed by atoms with Crippen LogP contribution in [0.2, 0.25) is 0 Å². The van der Waals surface area contributed by atoms with E-state index < -0.39 is 79.9 Å². The Morgan fingerprint density at radius 3 is 2.20 bits per heavy atom. The minimum Gasteiger partial charge on any atom is -0.507 e. The number of ketones is 1. The van der Waals surface area contributed by atoms with Gasteiger partial charge in [0.2, 0.25) is 6.29 Å². The third-order valence-corrected chi connectivity index (χ3v) is 7.91. The zero-order valence-corrected chi connectivity index (χ0v) is 24.0. The average molecular weight is 625 g/mol. The van der Waals surface area contributed by atoms with Crippen molar-refractivity contribution in [2.75, 3.05) is 20.8 Å². The van der Waals surface area contributed by atoms with Crippen LogP contribution in [0.25, 0.3) is 0 Å². The lowest BCUT2D eigenvalue weighted by atomic mass is 9.95. The Balaban J connectivity index is 1.31. The number of Topliss-reactive ketones (excluding diaryl/α,β-unsaturated/α-hetero) is 1. The Morgan fingerprint density at radius 2 is 1.50 bits per heavy atom. The van der Waals surface area contributed by atoms with Crippen molar-refractivity contribution in [2.45, 2.75) is 80.9 Å². The zero-order valence-electron chi connectivity index (χ0n) is 24.0. The van der Waals surface area contributed by atoms with Gasteiger partial charge in [0.15, 0.2) is 23.6 Å². The van der Waals surface area contributed by atoms with Gasteiger partial charge in [-0.25, -0.2) is 0 Å². The number of ether oxygens (including phenoxy) is 7. The molecule has 0 aromatic heterocycles. The number of methoxy groups -OCH3 is 2. The fraction of sp³-hybridized carbons (Fsp3) is 0.552. The van der Waals surface area contributed by atoms with Crippen LogP contribution < -0.4 is 18.9 Å². The van der Waals surface area contributed by atoms with Gasteiger partial charge in [0.1, 0.15) is 71.6 Å². The van der Waals surface area contributed by atoms with Gasteiger partial charge in [-0.3, -0.25) is 4.79 Å². The van der Waals surface area contributed by atoms with Gasteiger partial charge in [-0.15, -0.1) is 0 Å². The minimum atomic E-state index is -1.76. The standard InChI is InChI=1S/C29H36O15/c1-11-22(32)24(34)26(36)28(41-11)40-10-20-23(33)25(35)27(37)29(44-20)42-13-7-14(30)21-15(31)9-17(43-19(21)8-13)12-4-5-16(38-2)18(6-12)39-3/h4-8,11,17,20,22-30,32-37H,9-10H2,1-3H3/t11-,17-,20+,22-,23+,24+,25-,26-,27+,28+,29+/m0/s1. The van der Waals surface area contributed by atoms with Crippen molar-refractivity contribution >= 4 is 5.78 Å². The molecule has 15 nitrogen and oxygen atoms in total. The molecule has 2 fully saturated rings. The summed E-state index contributed by atoms with van der Waals surface area (Å²) in [7, 11) is 2.97. The SMILES string of the molecule is COc1ccc([C@@H]2CC(=O)c3c(O)cc(O[C@@H]4O[C@H](CO[C@@H]5O[C@@H](C)[C@H](O)[C@@H](O)[C@@H]5O)[C@@H](O)[C@H](O)[C@H]4O)cc3O2)cc1OC. The van der Waals surface area contributed by atoms with Gasteiger partial charge in [-0.1, -0.05) is 6.07 Å². The molecule has 3 heterocycles. The van der Waals surface area contributed by atoms with E-state index in [9.17, 15) is 40.5 Å². The second kappa shape index (κ2) is 13.0. The summed E-state index contributed by atoms with van der Waals surface area (Å²) >= 11 is 0. The summed E-state index contributed by atoms with van der Waals surface area (Å²) in [5.74, 6) is -0.00697. The molecule has 242 valence electrons. The van der Waals surface area contributed by atoms with Gasteiger partial charge in [0.05, 0.1) is 33.4 Å². The number of carbonyl (C=O) groups is 1. The maximum Gasteiger partial charge on any atom is 0.229 e. The summed E-state index contributed by atoms with van der Waals surface area (Å²) in [5.41, 5.74) is 0.551. The van der Waals surface area contributed by atoms with E-state index in [0.29, 0.717) is 17.1 Å². The fourth-order valence-corrected chi connectivity index (χ4v) is 5.35. The van der Waals surface area contributed by atoms with Crippen LogP contribution in [-0.4, -0.2) is 124 Å². The zero-order chi connectivity index (χ0) is 31.9. The average Bonchev–Trinajstić information content (AvgIpc) is 3.01. The first-order valence-corrected chi connectivity index (χ1v) is 13.9. The minimum absolute atomic E-state index is 0.0000931. The maximum atomic E-state index is 13.0. The van der Waals surface area contributed by atoms with E-state index in [0.717, 1.165) is 6.07 Å². The summed E-state index contributed by atoms with van der Waals surface area (Å²) < 4.78 is 38.9. The number of rotatable bonds is 8. The Labute approximate surface area is 251 Å². The molecule has 0 aliphatic carbocycles. The highest BCUT2D eigenvalue weighted by Crippen LogP contribution is 2.43. The molecule has 0 spiro atoms. The lowest BCUT2D eigenvalue weighted by molar-refractivity contribution is -0.318. The number of aliphatic hydroxyl groups excluding tert-OH is 6. The topological polar surface area (TPSA) is 223 Å². The molecule has 11 atom stereocenters. The summed E-state index contributed by atoms with van der Waals surface area (Å²) in [6, 6.07) is 7.50. The van der Waals surface area contributed by atoms with Crippen molar-refractivity contribution < 1.29 is 73.7 Å². The Kier molecular flexibility index (Phi) is 9.50. The number of hydrogen-bond donors (Lipinski definition) is 7. The molecule has 2 aromatic rings. The number of hydrogen-bond acceptors (Lipinski definition) is 15. The van der Waals surface area contributed by atoms with Crippen molar-refractivity contribution in [1.82, 2.24) is 0 Å². The second-order valence-corrected chi connectivity index (χ2v) is 10.8. The maximum absolute atomic E-state index is 13.0. The predicted octanol–water partition coefficient (Wildman–Crippen LogP) is -0.854. The highest BCUT2D eigenvalue weighted by atomic mass is 16.7. The Morgan fingerprint density at radius 1 is 0.818 bits per heavy atom. The van der Waals surface area contributed by atoms with Gasteiger partial charge >= 0.3 is 0 Å². The normalized spacial score (nSPS) is 35.4. The molecule has 15 heteroatoms. The quantitative estimate of drug-likeness (QED) is 0.190. The number of aliphatic hydroxyl groups is 6. The monoisotopic (exact) mass is 624 g/mol. The molecular weight excluding hydrogens is 588 g/mol. The lowest BCUT2D eigenvalue weighted by Crippen LogP contribution is -2.61. The van der Waals surface area contributed by atoms with E-state index in [2.05, 4.69) is 0 Å². The molecule has 5 rings (SSSR count). The van der Waals surface area contributed by atoms with Crippen molar-refractivity contribution in [3.8, 4) is 28.7 Å². The number of carbonyl (C=O) groups excluding carboxylic acids is 1. The van der Waals surface area contributed by atoms with E-state index in [1.165, 1.54) is 27.2 Å². The van der Waals surface area contributed by atoms with Crippen LogP contribution in [-0.2, 0) is 14.2 Å². The van der Waals surface area contributed by atoms with Gasteiger partial charge < -0.3 is 68.9 Å². The van der Waals surface area contributed by atoms with Crippen molar-refractivity contribution in [1.29, 1.82) is 0 Å². The number of phenolic OH excluding ortho intramolecular Hbond substituents is 1. The van der Waals surface area contributed by atoms with E-state index in [-0.39, 0.29) is 29.3 Å². The molecule has 0 unspecified atom stereocenters. The Bertz CT molecular complexity index is 1340. The van der Waals surface area contributed by atoms with Gasteiger partial charge in [0, 0.05) is 12.1 Å². The van der Waals surface area contributed by atoms with Gasteiger partial charge in [0.25, 0.3) is 0 Å². The molecule has 0 radical (unpaired) electrons. The van der Waals surface area contributed by atoms with Crippen LogP contribution in [0.3, 0.4) is 0 Å². The first-order valence-electron chi connectivity index (χ1n) is 13.9. The molecule has 3 aliphatic rings. The van der Waals surface area contributed by atoms with Crippen molar-refractivity contribution in [2.24, 2.45) is 0 Å². The summed E-state index contributed by atoms with van der Waals surface area (Å²) in [4.78, 5) is 13.0. The number of aromatic hydroxyl groups is 1. The van der Waals surface area contributed by atoms with Crippen molar-refractivity contribution in [3.05, 3.63) is 41.5 Å². The summed E-state index contributed by atoms with van der Waals surface area (Å²) in [6.45, 7) is 0.982. The Hall–Kier alpha value is -3.25. The number of benzene rings is 2. The largest absolute Gasteiger partial charge is 0.507 e. The molecule has 2 saturated heterocycles. The molecule has 0 amide bonds. The van der Waals surface area contributed by atoms with Crippen LogP contribution in [0.5, 0.6) is 28.7 Å². The van der Waals surface area contributed by atoms with Gasteiger partial charge in [-0.2, -0.15) is 0 Å². The first-order chi connectivity index (χ1) is 20.9. The lowest BCUT2D eigenvalue weighted by Gasteiger charge is -2.42. The van der Waals surface area contributed by atoms with Crippen molar-refractivity contribution in [3.63, 3.8) is 0 Å². The first kappa shape index (κ1) is 32.2. The van der Waals surface area contributed by atoms with Gasteiger partial charge in [-0.05, 0) is 24.6 Å². The highest BCUT2D eigenvalue weighted by molar-refractivity contribution is 6.02. The molecule has 2 aromatic carbocycles. The predicted molar refractivity (Wildman–Crippen MR) is 146 cm³/mol. The van der Waals surface area contributed by atoms with E-state index in [1.807, 2.05) is 0 Å². The number of phenols is 1. The smallest absolute Gasteiger partial charge is 0.229 e. The van der Waals surface area contributed by atoms with E-state index in [4.69, 9.17) is 33.2 Å². The third kappa shape index (κ3) is 6.15. The van der Waals surface area contributed by atoms with Crippen LogP contribution in [0.15, 0.2) is 30.3 Å². The third-order valence-electron chi connectivity index (χ3n) is 7.91. The summed E-state index contributed by atoms with van der Waals surface area (Å²) in [6.07, 6.45) is -15.7. The molecule has 7 N–H and O–H groups in total. The fourth-order valence-electron chi connectivity index (χ4n) is 5.35. The second-order valence-electron chi connectivity index (χ2n) is 10.8. The highest BCUT2D eigenvalue weighted by Gasteiger charge is 2.47. The van der Waals surface area contributed by atoms with Crippen LogP contribution in [0, 0.1) is 0 Å².